The summed E-state index contributed by atoms with van der Waals surface area (Å²) in [6, 6.07) is 6.64. The molecule has 0 aliphatic heterocycles. The predicted octanol–water partition coefficient (Wildman–Crippen LogP) is 1.98. The van der Waals surface area contributed by atoms with E-state index in [4.69, 9.17) is 5.73 Å². The molecule has 3 N–H and O–H groups in total. The van der Waals surface area contributed by atoms with Crippen molar-refractivity contribution in [2.75, 3.05) is 13.1 Å². The van der Waals surface area contributed by atoms with Crippen LogP contribution < -0.4 is 5.73 Å². The van der Waals surface area contributed by atoms with E-state index in [1.54, 1.807) is 23.1 Å². The fraction of sp³-hybridized carbons (Fsp3) is 0.500. The normalized spacial score (nSPS) is 10.7. The Hall–Kier alpha value is -1.55. The van der Waals surface area contributed by atoms with Crippen molar-refractivity contribution in [3.8, 4) is 5.75 Å². The third-order valence-corrected chi connectivity index (χ3v) is 3.11. The lowest BCUT2D eigenvalue weighted by Crippen LogP contribution is -2.42. The van der Waals surface area contributed by atoms with E-state index < -0.39 is 0 Å². The first-order valence-electron chi connectivity index (χ1n) is 6.44. The molecule has 0 fully saturated rings. The summed E-state index contributed by atoms with van der Waals surface area (Å²) in [5.41, 5.74) is 6.09. The summed E-state index contributed by atoms with van der Waals surface area (Å²) in [6.45, 7) is 5.11. The molecule has 1 rings (SSSR count). The molecule has 0 aliphatic rings. The number of carbonyl (C=O) groups excluding carboxylic acids is 1. The average molecular weight is 250 g/mol. The fourth-order valence-corrected chi connectivity index (χ4v) is 2.12. The van der Waals surface area contributed by atoms with Gasteiger partial charge in [0.15, 0.2) is 0 Å². The molecule has 1 aromatic rings. The average Bonchev–Trinajstić information content (AvgIpc) is 2.38. The molecule has 0 heterocycles. The Labute approximate surface area is 108 Å². The third-order valence-electron chi connectivity index (χ3n) is 3.11. The van der Waals surface area contributed by atoms with Gasteiger partial charge < -0.3 is 15.7 Å². The molecule has 0 atom stereocenters. The first-order chi connectivity index (χ1) is 8.63. The number of benzene rings is 1. The Balaban J connectivity index is 2.95. The van der Waals surface area contributed by atoms with E-state index in [-0.39, 0.29) is 17.7 Å². The van der Waals surface area contributed by atoms with E-state index in [2.05, 4.69) is 13.8 Å². The molecule has 0 radical (unpaired) electrons. The van der Waals surface area contributed by atoms with Gasteiger partial charge in [-0.05, 0) is 31.0 Å². The van der Waals surface area contributed by atoms with Gasteiger partial charge >= 0.3 is 0 Å². The van der Waals surface area contributed by atoms with Crippen LogP contribution in [0.2, 0.25) is 0 Å². The Morgan fingerprint density at radius 1 is 1.39 bits per heavy atom. The van der Waals surface area contributed by atoms with Crippen LogP contribution in [0.1, 0.15) is 37.0 Å². The van der Waals surface area contributed by atoms with Crippen LogP contribution in [-0.4, -0.2) is 35.0 Å². The van der Waals surface area contributed by atoms with Gasteiger partial charge in [-0.1, -0.05) is 19.9 Å². The number of hydrogen-bond acceptors (Lipinski definition) is 3. The monoisotopic (exact) mass is 250 g/mol. The molecular weight excluding hydrogens is 228 g/mol. The Morgan fingerprint density at radius 2 is 2.06 bits per heavy atom. The standard InChI is InChI=1S/C14H22N2O2/c1-3-12(4-2)16(9-8-15)14(18)11-6-5-7-13(17)10-11/h5-7,10,12,17H,3-4,8-9,15H2,1-2H3. The molecule has 0 saturated carbocycles. The number of nitrogens with two attached hydrogens (primary N) is 1. The Kier molecular flexibility index (Phi) is 5.65. The second-order valence-electron chi connectivity index (χ2n) is 4.31. The number of aromatic hydroxyl groups is 1. The molecule has 1 amide bonds. The lowest BCUT2D eigenvalue weighted by Gasteiger charge is -2.30. The van der Waals surface area contributed by atoms with Gasteiger partial charge in [0, 0.05) is 24.7 Å². The van der Waals surface area contributed by atoms with E-state index in [0.717, 1.165) is 12.8 Å². The van der Waals surface area contributed by atoms with Gasteiger partial charge in [0.2, 0.25) is 0 Å². The lowest BCUT2D eigenvalue weighted by atomic mass is 10.1. The number of hydrogen-bond donors (Lipinski definition) is 2. The van der Waals surface area contributed by atoms with Crippen LogP contribution in [0.3, 0.4) is 0 Å². The zero-order chi connectivity index (χ0) is 13.5. The van der Waals surface area contributed by atoms with Gasteiger partial charge in [-0.2, -0.15) is 0 Å². The van der Waals surface area contributed by atoms with Crippen LogP contribution >= 0.6 is 0 Å². The van der Waals surface area contributed by atoms with Gasteiger partial charge in [-0.3, -0.25) is 4.79 Å². The van der Waals surface area contributed by atoms with Gasteiger partial charge in [0.1, 0.15) is 5.75 Å². The van der Waals surface area contributed by atoms with Crippen LogP contribution in [0, 0.1) is 0 Å². The van der Waals surface area contributed by atoms with E-state index in [0.29, 0.717) is 18.7 Å². The molecule has 0 saturated heterocycles. The van der Waals surface area contributed by atoms with Gasteiger partial charge in [0.05, 0.1) is 0 Å². The first-order valence-corrected chi connectivity index (χ1v) is 6.44. The summed E-state index contributed by atoms with van der Waals surface area (Å²) in [5.74, 6) is 0.0446. The topological polar surface area (TPSA) is 66.6 Å². The zero-order valence-corrected chi connectivity index (χ0v) is 11.1. The number of nitrogens with zero attached hydrogens (tertiary/aromatic N) is 1. The maximum Gasteiger partial charge on any atom is 0.254 e. The summed E-state index contributed by atoms with van der Waals surface area (Å²) < 4.78 is 0. The minimum atomic E-state index is -0.0648. The molecule has 100 valence electrons. The van der Waals surface area contributed by atoms with Crippen molar-refractivity contribution in [1.82, 2.24) is 4.90 Å². The summed E-state index contributed by atoms with van der Waals surface area (Å²) in [5, 5.41) is 9.43. The summed E-state index contributed by atoms with van der Waals surface area (Å²) in [6.07, 6.45) is 1.81. The highest BCUT2D eigenvalue weighted by molar-refractivity contribution is 5.94. The Morgan fingerprint density at radius 3 is 2.56 bits per heavy atom. The van der Waals surface area contributed by atoms with Crippen LogP contribution in [0.25, 0.3) is 0 Å². The number of amides is 1. The maximum absolute atomic E-state index is 12.4. The van der Waals surface area contributed by atoms with Gasteiger partial charge in [0.25, 0.3) is 5.91 Å². The minimum absolute atomic E-state index is 0.0648. The highest BCUT2D eigenvalue weighted by Gasteiger charge is 2.21. The van der Waals surface area contributed by atoms with Crippen molar-refractivity contribution in [2.45, 2.75) is 32.7 Å². The van der Waals surface area contributed by atoms with Crippen molar-refractivity contribution in [2.24, 2.45) is 5.73 Å². The summed E-state index contributed by atoms with van der Waals surface area (Å²) in [4.78, 5) is 14.2. The van der Waals surface area contributed by atoms with Crippen LogP contribution in [0.5, 0.6) is 5.75 Å². The first kappa shape index (κ1) is 14.5. The van der Waals surface area contributed by atoms with Crippen molar-refractivity contribution >= 4 is 5.91 Å². The second kappa shape index (κ2) is 7.01. The van der Waals surface area contributed by atoms with Crippen molar-refractivity contribution in [3.63, 3.8) is 0 Å². The summed E-state index contributed by atoms with van der Waals surface area (Å²) >= 11 is 0. The van der Waals surface area contributed by atoms with E-state index >= 15 is 0 Å². The third kappa shape index (κ3) is 3.47. The van der Waals surface area contributed by atoms with E-state index in [1.807, 2.05) is 0 Å². The molecule has 1 aromatic carbocycles. The smallest absolute Gasteiger partial charge is 0.254 e. The van der Waals surface area contributed by atoms with E-state index in [9.17, 15) is 9.90 Å². The quantitative estimate of drug-likeness (QED) is 0.811. The highest BCUT2D eigenvalue weighted by Crippen LogP contribution is 2.16. The van der Waals surface area contributed by atoms with E-state index in [1.165, 1.54) is 6.07 Å². The second-order valence-corrected chi connectivity index (χ2v) is 4.31. The largest absolute Gasteiger partial charge is 0.508 e. The van der Waals surface area contributed by atoms with Crippen LogP contribution in [0.4, 0.5) is 0 Å². The van der Waals surface area contributed by atoms with Crippen LogP contribution in [0.15, 0.2) is 24.3 Å². The number of carbonyl (C=O) groups is 1. The molecule has 4 nitrogen and oxygen atoms in total. The van der Waals surface area contributed by atoms with Crippen molar-refractivity contribution < 1.29 is 9.90 Å². The van der Waals surface area contributed by atoms with Crippen LogP contribution in [-0.2, 0) is 0 Å². The molecule has 0 spiro atoms. The molecule has 18 heavy (non-hydrogen) atoms. The molecule has 0 aliphatic carbocycles. The Bertz CT molecular complexity index is 389. The zero-order valence-electron chi connectivity index (χ0n) is 11.1. The number of rotatable bonds is 6. The molecule has 4 heteroatoms. The number of phenols is 1. The van der Waals surface area contributed by atoms with Gasteiger partial charge in [-0.15, -0.1) is 0 Å². The highest BCUT2D eigenvalue weighted by atomic mass is 16.3. The van der Waals surface area contributed by atoms with Crippen molar-refractivity contribution in [3.05, 3.63) is 29.8 Å². The summed E-state index contributed by atoms with van der Waals surface area (Å²) in [7, 11) is 0. The molecule has 0 bridgehead atoms. The maximum atomic E-state index is 12.4. The SMILES string of the molecule is CCC(CC)N(CCN)C(=O)c1cccc(O)c1. The predicted molar refractivity (Wildman–Crippen MR) is 72.6 cm³/mol. The molecule has 0 aromatic heterocycles. The fourth-order valence-electron chi connectivity index (χ4n) is 2.12. The van der Waals surface area contributed by atoms with Crippen molar-refractivity contribution in [1.29, 1.82) is 0 Å². The molecule has 0 unspecified atom stereocenters. The molecular formula is C14H22N2O2. The van der Waals surface area contributed by atoms with Gasteiger partial charge in [-0.25, -0.2) is 0 Å². The lowest BCUT2D eigenvalue weighted by molar-refractivity contribution is 0.0674. The minimum Gasteiger partial charge on any atom is -0.508 e. The number of phenolic OH excluding ortho intramolecular Hbond substituents is 1.